The molecule has 0 spiro atoms. The van der Waals surface area contributed by atoms with Crippen LogP contribution in [0.5, 0.6) is 0 Å². The van der Waals surface area contributed by atoms with E-state index >= 15 is 0 Å². The number of hydrazine groups is 1. The van der Waals surface area contributed by atoms with Crippen LogP contribution < -0.4 is 11.3 Å². The molecule has 5 heteroatoms. The first kappa shape index (κ1) is 15.1. The van der Waals surface area contributed by atoms with Crippen molar-refractivity contribution >= 4 is 15.9 Å². The highest BCUT2D eigenvalue weighted by Gasteiger charge is 2.11. The second-order valence-electron chi connectivity index (χ2n) is 4.70. The number of rotatable bonds is 6. The molecule has 3 nitrogen and oxygen atoms in total. The lowest BCUT2D eigenvalue weighted by atomic mass is 10.00. The molecule has 0 aliphatic rings. The number of halogens is 2. The number of pyridine rings is 1. The third kappa shape index (κ3) is 4.37. The van der Waals surface area contributed by atoms with Gasteiger partial charge in [-0.25, -0.2) is 4.39 Å². The highest BCUT2D eigenvalue weighted by molar-refractivity contribution is 9.10. The third-order valence-corrected chi connectivity index (χ3v) is 3.96. The Morgan fingerprint density at radius 2 is 2.20 bits per heavy atom. The van der Waals surface area contributed by atoms with Gasteiger partial charge in [0, 0.05) is 22.9 Å². The van der Waals surface area contributed by atoms with Gasteiger partial charge < -0.3 is 0 Å². The Labute approximate surface area is 126 Å². The maximum absolute atomic E-state index is 13.1. The van der Waals surface area contributed by atoms with Gasteiger partial charge in [-0.2, -0.15) is 0 Å². The minimum absolute atomic E-state index is 0.136. The molecule has 0 radical (unpaired) electrons. The van der Waals surface area contributed by atoms with E-state index in [0.717, 1.165) is 29.3 Å². The molecule has 20 heavy (non-hydrogen) atoms. The Hall–Kier alpha value is -1.30. The summed E-state index contributed by atoms with van der Waals surface area (Å²) in [6.07, 6.45) is 6.17. The maximum Gasteiger partial charge on any atom is 0.124 e. The van der Waals surface area contributed by atoms with Gasteiger partial charge in [0.05, 0.1) is 0 Å². The van der Waals surface area contributed by atoms with Crippen molar-refractivity contribution in [2.75, 3.05) is 0 Å². The van der Waals surface area contributed by atoms with Crippen molar-refractivity contribution in [2.24, 2.45) is 5.84 Å². The molecule has 0 fully saturated rings. The number of hydrogen-bond donors (Lipinski definition) is 2. The average molecular weight is 338 g/mol. The number of hydrogen-bond acceptors (Lipinski definition) is 3. The maximum atomic E-state index is 13.1. The van der Waals surface area contributed by atoms with Crippen LogP contribution in [0.1, 0.15) is 17.5 Å². The van der Waals surface area contributed by atoms with Gasteiger partial charge in [-0.05, 0) is 48.6 Å². The van der Waals surface area contributed by atoms with Gasteiger partial charge in [0.15, 0.2) is 0 Å². The molecule has 1 aromatic heterocycles. The SMILES string of the molecule is NNC(CCc1cccnc1)Cc1ccc(F)cc1Br. The standard InChI is InChI=1S/C15H17BrFN3/c16-15-9-13(17)5-4-12(15)8-14(20-18)6-3-11-2-1-7-19-10-11/h1-2,4-5,7,9-10,14,20H,3,6,8,18H2. The van der Waals surface area contributed by atoms with Crippen LogP contribution in [-0.4, -0.2) is 11.0 Å². The summed E-state index contributed by atoms with van der Waals surface area (Å²) in [5.41, 5.74) is 5.06. The predicted octanol–water partition coefficient (Wildman–Crippen LogP) is 2.99. The number of nitrogens with zero attached hydrogens (tertiary/aromatic N) is 1. The van der Waals surface area contributed by atoms with Crippen LogP contribution >= 0.6 is 15.9 Å². The molecule has 0 aliphatic carbocycles. The normalized spacial score (nSPS) is 12.3. The molecule has 0 saturated carbocycles. The van der Waals surface area contributed by atoms with Crippen molar-refractivity contribution in [2.45, 2.75) is 25.3 Å². The molecular formula is C15H17BrFN3. The fourth-order valence-corrected chi connectivity index (χ4v) is 2.60. The Bertz CT molecular complexity index is 548. The van der Waals surface area contributed by atoms with Crippen molar-refractivity contribution in [3.63, 3.8) is 0 Å². The Morgan fingerprint density at radius 3 is 2.85 bits per heavy atom. The first-order valence-electron chi connectivity index (χ1n) is 6.48. The summed E-state index contributed by atoms with van der Waals surface area (Å²) in [6, 6.07) is 8.84. The van der Waals surface area contributed by atoms with E-state index in [2.05, 4.69) is 26.3 Å². The number of nitrogens with two attached hydrogens (primary N) is 1. The first-order chi connectivity index (χ1) is 9.69. The van der Waals surface area contributed by atoms with Crippen molar-refractivity contribution in [1.29, 1.82) is 0 Å². The zero-order valence-corrected chi connectivity index (χ0v) is 12.6. The van der Waals surface area contributed by atoms with Crippen LogP contribution in [-0.2, 0) is 12.8 Å². The van der Waals surface area contributed by atoms with Crippen LogP contribution in [0.2, 0.25) is 0 Å². The van der Waals surface area contributed by atoms with Gasteiger partial charge in [0.25, 0.3) is 0 Å². The van der Waals surface area contributed by atoms with E-state index in [0.29, 0.717) is 0 Å². The molecule has 1 atom stereocenters. The summed E-state index contributed by atoms with van der Waals surface area (Å²) in [7, 11) is 0. The lowest BCUT2D eigenvalue weighted by molar-refractivity contribution is 0.490. The van der Waals surface area contributed by atoms with Crippen LogP contribution in [0.25, 0.3) is 0 Å². The Kier molecular flexibility index (Phi) is 5.64. The molecule has 2 rings (SSSR count). The average Bonchev–Trinajstić information content (AvgIpc) is 2.46. The Balaban J connectivity index is 1.95. The quantitative estimate of drug-likeness (QED) is 0.629. The van der Waals surface area contributed by atoms with Gasteiger partial charge >= 0.3 is 0 Å². The van der Waals surface area contributed by atoms with Crippen LogP contribution in [0.15, 0.2) is 47.2 Å². The van der Waals surface area contributed by atoms with E-state index in [1.807, 2.05) is 18.3 Å². The smallest absolute Gasteiger partial charge is 0.124 e. The summed E-state index contributed by atoms with van der Waals surface area (Å²) < 4.78 is 13.8. The van der Waals surface area contributed by atoms with Crippen molar-refractivity contribution in [3.8, 4) is 0 Å². The number of nitrogens with one attached hydrogen (secondary N) is 1. The highest BCUT2D eigenvalue weighted by Crippen LogP contribution is 2.20. The summed E-state index contributed by atoms with van der Waals surface area (Å²) in [5, 5.41) is 0. The number of aryl methyl sites for hydroxylation is 1. The Morgan fingerprint density at radius 1 is 1.35 bits per heavy atom. The van der Waals surface area contributed by atoms with Crippen LogP contribution in [0.4, 0.5) is 4.39 Å². The van der Waals surface area contributed by atoms with Gasteiger partial charge in [-0.15, -0.1) is 0 Å². The monoisotopic (exact) mass is 337 g/mol. The lowest BCUT2D eigenvalue weighted by Gasteiger charge is -2.16. The van der Waals surface area contributed by atoms with Gasteiger partial charge in [0.1, 0.15) is 5.82 Å². The van der Waals surface area contributed by atoms with Crippen molar-refractivity contribution < 1.29 is 4.39 Å². The van der Waals surface area contributed by atoms with E-state index in [1.165, 1.54) is 17.7 Å². The second kappa shape index (κ2) is 7.47. The molecular weight excluding hydrogens is 321 g/mol. The third-order valence-electron chi connectivity index (χ3n) is 3.22. The van der Waals surface area contributed by atoms with E-state index in [1.54, 1.807) is 12.3 Å². The minimum Gasteiger partial charge on any atom is -0.271 e. The first-order valence-corrected chi connectivity index (χ1v) is 7.27. The molecule has 1 heterocycles. The molecule has 1 aromatic carbocycles. The largest absolute Gasteiger partial charge is 0.271 e. The van der Waals surface area contributed by atoms with Crippen LogP contribution in [0.3, 0.4) is 0 Å². The molecule has 106 valence electrons. The van der Waals surface area contributed by atoms with E-state index < -0.39 is 0 Å². The summed E-state index contributed by atoms with van der Waals surface area (Å²) >= 11 is 3.38. The highest BCUT2D eigenvalue weighted by atomic mass is 79.9. The zero-order chi connectivity index (χ0) is 14.4. The van der Waals surface area contributed by atoms with Gasteiger partial charge in [-0.1, -0.05) is 28.1 Å². The van der Waals surface area contributed by atoms with E-state index in [9.17, 15) is 4.39 Å². The predicted molar refractivity (Wildman–Crippen MR) is 81.5 cm³/mol. The van der Waals surface area contributed by atoms with Crippen LogP contribution in [0, 0.1) is 5.82 Å². The summed E-state index contributed by atoms with van der Waals surface area (Å²) in [4.78, 5) is 4.10. The lowest BCUT2D eigenvalue weighted by Crippen LogP contribution is -2.37. The van der Waals surface area contributed by atoms with Crippen molar-refractivity contribution in [3.05, 3.63) is 64.1 Å². The second-order valence-corrected chi connectivity index (χ2v) is 5.56. The summed E-state index contributed by atoms with van der Waals surface area (Å²) in [5.74, 6) is 5.37. The van der Waals surface area contributed by atoms with E-state index in [-0.39, 0.29) is 11.9 Å². The topological polar surface area (TPSA) is 50.9 Å². The summed E-state index contributed by atoms with van der Waals surface area (Å²) in [6.45, 7) is 0. The molecule has 3 N–H and O–H groups in total. The van der Waals surface area contributed by atoms with Gasteiger partial charge in [-0.3, -0.25) is 16.3 Å². The zero-order valence-electron chi connectivity index (χ0n) is 11.0. The minimum atomic E-state index is -0.242. The van der Waals surface area contributed by atoms with Gasteiger partial charge in [0.2, 0.25) is 0 Å². The van der Waals surface area contributed by atoms with Crippen molar-refractivity contribution in [1.82, 2.24) is 10.4 Å². The molecule has 0 bridgehead atoms. The molecule has 0 amide bonds. The molecule has 1 unspecified atom stereocenters. The molecule has 2 aromatic rings. The molecule has 0 aliphatic heterocycles. The number of aromatic nitrogens is 1. The van der Waals surface area contributed by atoms with E-state index in [4.69, 9.17) is 5.84 Å². The fraction of sp³-hybridized carbons (Fsp3) is 0.267. The molecule has 0 saturated heterocycles. The number of benzene rings is 1. The fourth-order valence-electron chi connectivity index (χ4n) is 2.08.